The van der Waals surface area contributed by atoms with Gasteiger partial charge in [-0.3, -0.25) is 4.79 Å². The first-order valence-electron chi connectivity index (χ1n) is 5.59. The monoisotopic (exact) mass is 276 g/mol. The highest BCUT2D eigenvalue weighted by atomic mass is 19.4. The van der Waals surface area contributed by atoms with Crippen molar-refractivity contribution in [2.24, 2.45) is 5.92 Å². The number of alkyl halides is 3. The number of hydrogen-bond donors (Lipinski definition) is 1. The number of ether oxygens (including phenoxy) is 1. The molecule has 0 aromatic heterocycles. The summed E-state index contributed by atoms with van der Waals surface area (Å²) in [6.45, 7) is 2.48. The van der Waals surface area contributed by atoms with E-state index in [4.69, 9.17) is 0 Å². The molecule has 0 radical (unpaired) electrons. The molecule has 0 bridgehead atoms. The second kappa shape index (κ2) is 5.21. The fraction of sp³-hybridized carbons (Fsp3) is 0.462. The molecule has 2 unspecified atom stereocenters. The number of methoxy groups -OCH3 is 1. The average Bonchev–Trinajstić information content (AvgIpc) is 2.35. The largest absolute Gasteiger partial charge is 0.469 e. The Morgan fingerprint density at radius 3 is 2.16 bits per heavy atom. The molecule has 2 atom stereocenters. The Morgan fingerprint density at radius 1 is 1.26 bits per heavy atom. The molecule has 1 aromatic carbocycles. The van der Waals surface area contributed by atoms with E-state index in [1.54, 1.807) is 0 Å². The van der Waals surface area contributed by atoms with Gasteiger partial charge in [0.1, 0.15) is 5.60 Å². The van der Waals surface area contributed by atoms with Crippen molar-refractivity contribution in [2.45, 2.75) is 25.6 Å². The van der Waals surface area contributed by atoms with E-state index >= 15 is 0 Å². The van der Waals surface area contributed by atoms with Crippen LogP contribution < -0.4 is 0 Å². The molecule has 0 aliphatic carbocycles. The first-order chi connectivity index (χ1) is 8.62. The van der Waals surface area contributed by atoms with Gasteiger partial charge in [0.15, 0.2) is 0 Å². The van der Waals surface area contributed by atoms with Gasteiger partial charge in [-0.25, -0.2) is 0 Å². The minimum atomic E-state index is -4.60. The third kappa shape index (κ3) is 3.07. The Labute approximate surface area is 109 Å². The lowest BCUT2D eigenvalue weighted by atomic mass is 9.81. The second-order valence-corrected chi connectivity index (χ2v) is 4.44. The maximum absolute atomic E-state index is 12.9. The summed E-state index contributed by atoms with van der Waals surface area (Å²) < 4.78 is 43.2. The van der Waals surface area contributed by atoms with Crippen molar-refractivity contribution < 1.29 is 27.8 Å². The summed E-state index contributed by atoms with van der Waals surface area (Å²) in [4.78, 5) is 11.4. The number of halogens is 3. The first kappa shape index (κ1) is 15.5. The summed E-state index contributed by atoms with van der Waals surface area (Å²) in [7, 11) is 1.12. The van der Waals surface area contributed by atoms with Gasteiger partial charge in [0.2, 0.25) is 0 Å². The van der Waals surface area contributed by atoms with Crippen LogP contribution in [0.5, 0.6) is 0 Å². The van der Waals surface area contributed by atoms with E-state index in [-0.39, 0.29) is 5.56 Å². The molecule has 0 aliphatic rings. The van der Waals surface area contributed by atoms with Crippen LogP contribution >= 0.6 is 0 Å². The van der Waals surface area contributed by atoms with Crippen molar-refractivity contribution in [3.8, 4) is 0 Å². The number of carbonyl (C=O) groups is 1. The summed E-state index contributed by atoms with van der Waals surface area (Å²) >= 11 is 0. The van der Waals surface area contributed by atoms with E-state index in [0.29, 0.717) is 0 Å². The van der Waals surface area contributed by atoms with Crippen LogP contribution in [0.1, 0.15) is 25.0 Å². The zero-order valence-electron chi connectivity index (χ0n) is 10.8. The second-order valence-electron chi connectivity index (χ2n) is 4.44. The number of hydrogen-bond acceptors (Lipinski definition) is 3. The predicted octanol–water partition coefficient (Wildman–Crippen LogP) is 2.72. The molecule has 0 fully saturated rings. The predicted molar refractivity (Wildman–Crippen MR) is 62.2 cm³/mol. The van der Waals surface area contributed by atoms with Crippen LogP contribution in [0.3, 0.4) is 0 Å². The number of carbonyl (C=O) groups excluding carboxylic acids is 1. The normalized spacial score (nSPS) is 16.6. The van der Waals surface area contributed by atoms with Crippen LogP contribution in [0.2, 0.25) is 0 Å². The van der Waals surface area contributed by atoms with Crippen LogP contribution in [-0.2, 0) is 21.3 Å². The van der Waals surface area contributed by atoms with Crippen LogP contribution in [-0.4, -0.2) is 18.2 Å². The zero-order valence-corrected chi connectivity index (χ0v) is 10.8. The highest BCUT2D eigenvalue weighted by Gasteiger charge is 2.43. The lowest BCUT2D eigenvalue weighted by Gasteiger charge is -2.31. The zero-order chi connectivity index (χ0) is 14.8. The smallest absolute Gasteiger partial charge is 0.416 e. The van der Waals surface area contributed by atoms with Gasteiger partial charge in [0, 0.05) is 0 Å². The van der Waals surface area contributed by atoms with Crippen LogP contribution in [0.15, 0.2) is 24.3 Å². The summed E-state index contributed by atoms with van der Waals surface area (Å²) in [6, 6.07) is 4.63. The van der Waals surface area contributed by atoms with Gasteiger partial charge in [-0.1, -0.05) is 18.2 Å². The Hall–Kier alpha value is -1.56. The summed E-state index contributed by atoms with van der Waals surface area (Å²) in [5.74, 6) is -1.90. The van der Waals surface area contributed by atoms with Crippen molar-refractivity contribution in [2.75, 3.05) is 7.11 Å². The van der Waals surface area contributed by atoms with E-state index in [1.165, 1.54) is 26.0 Å². The maximum Gasteiger partial charge on any atom is 0.416 e. The third-order valence-electron chi connectivity index (χ3n) is 3.18. The minimum Gasteiger partial charge on any atom is -0.469 e. The van der Waals surface area contributed by atoms with E-state index < -0.39 is 29.2 Å². The van der Waals surface area contributed by atoms with E-state index in [2.05, 4.69) is 4.74 Å². The summed E-state index contributed by atoms with van der Waals surface area (Å²) in [5.41, 5.74) is -3.28. The molecule has 0 aliphatic heterocycles. The van der Waals surface area contributed by atoms with Gasteiger partial charge in [-0.15, -0.1) is 0 Å². The van der Waals surface area contributed by atoms with Gasteiger partial charge in [-0.05, 0) is 25.5 Å². The molecular formula is C13H15F3O3. The standard InChI is InChI=1S/C13H15F3O3/c1-8(11(17)19-3)12(2,18)9-6-4-5-7-10(9)13(14,15)16/h4-8,18H,1-3H3. The molecule has 0 spiro atoms. The number of benzene rings is 1. The van der Waals surface area contributed by atoms with Crippen molar-refractivity contribution in [3.05, 3.63) is 35.4 Å². The maximum atomic E-state index is 12.9. The van der Waals surface area contributed by atoms with Crippen LogP contribution in [0.25, 0.3) is 0 Å². The van der Waals surface area contributed by atoms with E-state index in [1.807, 2.05) is 0 Å². The first-order valence-corrected chi connectivity index (χ1v) is 5.59. The number of rotatable bonds is 3. The van der Waals surface area contributed by atoms with Gasteiger partial charge in [0.05, 0.1) is 18.6 Å². The lowest BCUT2D eigenvalue weighted by Crippen LogP contribution is -2.37. The Balaban J connectivity index is 3.33. The fourth-order valence-electron chi connectivity index (χ4n) is 1.81. The summed E-state index contributed by atoms with van der Waals surface area (Å²) in [6.07, 6.45) is -4.60. The highest BCUT2D eigenvalue weighted by Crippen LogP contribution is 2.39. The third-order valence-corrected chi connectivity index (χ3v) is 3.18. The van der Waals surface area contributed by atoms with Crippen LogP contribution in [0, 0.1) is 5.92 Å². The molecule has 0 heterocycles. The Kier molecular flexibility index (Phi) is 4.25. The highest BCUT2D eigenvalue weighted by molar-refractivity contribution is 5.73. The van der Waals surface area contributed by atoms with Gasteiger partial charge in [-0.2, -0.15) is 13.2 Å². The van der Waals surface area contributed by atoms with Crippen molar-refractivity contribution in [1.29, 1.82) is 0 Å². The van der Waals surface area contributed by atoms with Crippen LogP contribution in [0.4, 0.5) is 13.2 Å². The average molecular weight is 276 g/mol. The number of aliphatic hydroxyl groups is 1. The molecule has 6 heteroatoms. The molecule has 1 N–H and O–H groups in total. The molecule has 1 aromatic rings. The molecule has 0 amide bonds. The molecule has 0 saturated carbocycles. The molecular weight excluding hydrogens is 261 g/mol. The van der Waals surface area contributed by atoms with Gasteiger partial charge < -0.3 is 9.84 Å². The van der Waals surface area contributed by atoms with E-state index in [9.17, 15) is 23.1 Å². The Morgan fingerprint density at radius 2 is 1.74 bits per heavy atom. The van der Waals surface area contributed by atoms with Crippen molar-refractivity contribution in [1.82, 2.24) is 0 Å². The topological polar surface area (TPSA) is 46.5 Å². The number of esters is 1. The minimum absolute atomic E-state index is 0.347. The molecule has 19 heavy (non-hydrogen) atoms. The fourth-order valence-corrected chi connectivity index (χ4v) is 1.81. The molecule has 0 saturated heterocycles. The molecule has 3 nitrogen and oxygen atoms in total. The van der Waals surface area contributed by atoms with Gasteiger partial charge >= 0.3 is 12.1 Å². The Bertz CT molecular complexity index is 466. The SMILES string of the molecule is COC(=O)C(C)C(C)(O)c1ccccc1C(F)(F)F. The summed E-state index contributed by atoms with van der Waals surface area (Å²) in [5, 5.41) is 10.3. The molecule has 106 valence electrons. The van der Waals surface area contributed by atoms with Gasteiger partial charge in [0.25, 0.3) is 0 Å². The van der Waals surface area contributed by atoms with E-state index in [0.717, 1.165) is 19.2 Å². The molecule has 1 rings (SSSR count). The lowest BCUT2D eigenvalue weighted by molar-refractivity contribution is -0.157. The quantitative estimate of drug-likeness (QED) is 0.863. The van der Waals surface area contributed by atoms with Crippen molar-refractivity contribution >= 4 is 5.97 Å². The van der Waals surface area contributed by atoms with Crippen molar-refractivity contribution in [3.63, 3.8) is 0 Å².